The fourth-order valence-corrected chi connectivity index (χ4v) is 1.42. The van der Waals surface area contributed by atoms with Crippen LogP contribution in [-0.4, -0.2) is 31.7 Å². The molecule has 0 bridgehead atoms. The highest BCUT2D eigenvalue weighted by atomic mass is 79.9. The van der Waals surface area contributed by atoms with Gasteiger partial charge >= 0.3 is 0 Å². The van der Waals surface area contributed by atoms with Gasteiger partial charge in [0.2, 0.25) is 0 Å². The highest BCUT2D eigenvalue weighted by Gasteiger charge is 2.18. The molecule has 0 aromatic rings. The molecule has 0 aliphatic heterocycles. The first-order valence-electron chi connectivity index (χ1n) is 4.96. The lowest BCUT2D eigenvalue weighted by molar-refractivity contribution is -0.889. The smallest absolute Gasteiger partial charge is 0.107 e. The summed E-state index contributed by atoms with van der Waals surface area (Å²) in [7, 11) is 6.70. The zero-order valence-corrected chi connectivity index (χ0v) is 11.1. The highest BCUT2D eigenvalue weighted by Crippen LogP contribution is 2.12. The van der Waals surface area contributed by atoms with Crippen molar-refractivity contribution < 1.29 is 21.5 Å². The van der Waals surface area contributed by atoms with E-state index >= 15 is 0 Å². The Morgan fingerprint density at radius 3 is 2.08 bits per heavy atom. The maximum Gasteiger partial charge on any atom is 0.107 e. The average Bonchev–Trinajstić information content (AvgIpc) is 1.95. The Hall–Kier alpha value is 0.180. The Labute approximate surface area is 94.2 Å². The summed E-state index contributed by atoms with van der Waals surface area (Å²) in [5.41, 5.74) is 0. The molecule has 1 unspecified atom stereocenters. The summed E-state index contributed by atoms with van der Waals surface area (Å²) in [6.45, 7) is 6.14. The summed E-state index contributed by atoms with van der Waals surface area (Å²) in [4.78, 5) is 0. The minimum absolute atomic E-state index is 0. The number of likely N-dealkylation sites (N-methyl/N-ethyl adjacent to an activating group) is 1. The Kier molecular flexibility index (Phi) is 9.11. The van der Waals surface area contributed by atoms with E-state index in [-0.39, 0.29) is 17.0 Å². The van der Waals surface area contributed by atoms with Crippen molar-refractivity contribution >= 4 is 0 Å². The summed E-state index contributed by atoms with van der Waals surface area (Å²) in [6.07, 6.45) is 7.37. The van der Waals surface area contributed by atoms with Crippen molar-refractivity contribution in [3.63, 3.8) is 0 Å². The van der Waals surface area contributed by atoms with Crippen LogP contribution in [0, 0.1) is 0 Å². The first kappa shape index (κ1) is 15.6. The number of halogens is 1. The van der Waals surface area contributed by atoms with Gasteiger partial charge in [-0.05, 0) is 12.5 Å². The van der Waals surface area contributed by atoms with Gasteiger partial charge in [-0.25, -0.2) is 0 Å². The van der Waals surface area contributed by atoms with Crippen LogP contribution in [0.15, 0.2) is 12.7 Å². The van der Waals surface area contributed by atoms with Crippen LogP contribution < -0.4 is 17.0 Å². The van der Waals surface area contributed by atoms with Gasteiger partial charge in [0.05, 0.1) is 21.1 Å². The van der Waals surface area contributed by atoms with Crippen molar-refractivity contribution in [3.8, 4) is 0 Å². The van der Waals surface area contributed by atoms with Gasteiger partial charge in [0, 0.05) is 6.42 Å². The van der Waals surface area contributed by atoms with Gasteiger partial charge in [0.1, 0.15) is 6.04 Å². The quantitative estimate of drug-likeness (QED) is 0.349. The second-order valence-electron chi connectivity index (χ2n) is 4.42. The number of hydrogen-bond acceptors (Lipinski definition) is 0. The molecule has 0 radical (unpaired) electrons. The maximum absolute atomic E-state index is 3.89. The second kappa shape index (κ2) is 7.57. The third kappa shape index (κ3) is 7.27. The molecule has 1 atom stereocenters. The molecule has 0 aromatic carbocycles. The van der Waals surface area contributed by atoms with Crippen molar-refractivity contribution in [2.75, 3.05) is 21.1 Å². The first-order valence-corrected chi connectivity index (χ1v) is 4.96. The third-order valence-corrected chi connectivity index (χ3v) is 2.37. The molecule has 0 spiro atoms. The van der Waals surface area contributed by atoms with E-state index in [1.165, 1.54) is 25.7 Å². The molecule has 0 amide bonds. The molecule has 0 rings (SSSR count). The minimum atomic E-state index is 0. The van der Waals surface area contributed by atoms with Crippen LogP contribution in [0.4, 0.5) is 0 Å². The number of rotatable bonds is 6. The SMILES string of the molecule is C=CC(CCCCC)[N+](C)(C)C.[Br-]. The van der Waals surface area contributed by atoms with Gasteiger partial charge in [-0.1, -0.05) is 26.3 Å². The lowest BCUT2D eigenvalue weighted by Gasteiger charge is -2.32. The zero-order chi connectivity index (χ0) is 9.61. The average molecular weight is 250 g/mol. The fraction of sp³-hybridized carbons (Fsp3) is 0.818. The predicted octanol–water partition coefficient (Wildman–Crippen LogP) is -0.168. The van der Waals surface area contributed by atoms with Gasteiger partial charge in [-0.2, -0.15) is 0 Å². The Morgan fingerprint density at radius 1 is 1.23 bits per heavy atom. The largest absolute Gasteiger partial charge is 1.00 e. The predicted molar refractivity (Wildman–Crippen MR) is 56.2 cm³/mol. The molecule has 0 aliphatic carbocycles. The molecule has 1 nitrogen and oxygen atoms in total. The van der Waals surface area contributed by atoms with Gasteiger partial charge < -0.3 is 21.5 Å². The summed E-state index contributed by atoms with van der Waals surface area (Å²) < 4.78 is 1.01. The van der Waals surface area contributed by atoms with E-state index in [0.29, 0.717) is 6.04 Å². The lowest BCUT2D eigenvalue weighted by Crippen LogP contribution is -3.00. The van der Waals surface area contributed by atoms with Crippen molar-refractivity contribution in [1.29, 1.82) is 0 Å². The standard InChI is InChI=1S/C11H24N.BrH/c1-6-8-9-10-11(7-2)12(3,4)5;/h7,11H,2,6,8-10H2,1,3-5H3;1H/q+1;/p-1. The maximum atomic E-state index is 3.89. The molecule has 0 heterocycles. The lowest BCUT2D eigenvalue weighted by atomic mass is 10.1. The first-order chi connectivity index (χ1) is 5.52. The van der Waals surface area contributed by atoms with Gasteiger partial charge in [0.25, 0.3) is 0 Å². The summed E-state index contributed by atoms with van der Waals surface area (Å²) in [5.74, 6) is 0. The monoisotopic (exact) mass is 249 g/mol. The molecular weight excluding hydrogens is 226 g/mol. The number of nitrogens with zero attached hydrogens (tertiary/aromatic N) is 1. The molecule has 0 fully saturated rings. The van der Waals surface area contributed by atoms with Crippen LogP contribution in [-0.2, 0) is 0 Å². The van der Waals surface area contributed by atoms with Crippen LogP contribution in [0.1, 0.15) is 32.6 Å². The molecule has 0 aliphatic rings. The summed E-state index contributed by atoms with van der Waals surface area (Å²) >= 11 is 0. The molecule has 13 heavy (non-hydrogen) atoms. The topological polar surface area (TPSA) is 0 Å². The molecule has 2 heteroatoms. The van der Waals surface area contributed by atoms with Crippen LogP contribution in [0.2, 0.25) is 0 Å². The third-order valence-electron chi connectivity index (χ3n) is 2.37. The molecule has 0 saturated heterocycles. The van der Waals surface area contributed by atoms with Crippen LogP contribution in [0.25, 0.3) is 0 Å². The van der Waals surface area contributed by atoms with Gasteiger partial charge in [-0.15, -0.1) is 0 Å². The molecule has 80 valence electrons. The van der Waals surface area contributed by atoms with Crippen LogP contribution >= 0.6 is 0 Å². The number of quaternary nitrogens is 1. The Morgan fingerprint density at radius 2 is 1.77 bits per heavy atom. The van der Waals surface area contributed by atoms with E-state index in [1.807, 2.05) is 0 Å². The molecular formula is C11H24BrN. The van der Waals surface area contributed by atoms with Gasteiger partial charge in [0.15, 0.2) is 0 Å². The van der Waals surface area contributed by atoms with E-state index < -0.39 is 0 Å². The normalized spacial score (nSPS) is 13.2. The van der Waals surface area contributed by atoms with Crippen molar-refractivity contribution in [2.24, 2.45) is 0 Å². The van der Waals surface area contributed by atoms with Crippen molar-refractivity contribution in [2.45, 2.75) is 38.6 Å². The van der Waals surface area contributed by atoms with Crippen molar-refractivity contribution in [3.05, 3.63) is 12.7 Å². The Bertz CT molecular complexity index is 127. The molecule has 0 saturated carbocycles. The van der Waals surface area contributed by atoms with Crippen LogP contribution in [0.5, 0.6) is 0 Å². The summed E-state index contributed by atoms with van der Waals surface area (Å²) in [6, 6.07) is 0.622. The van der Waals surface area contributed by atoms with E-state index in [0.717, 1.165) is 4.48 Å². The molecule has 0 N–H and O–H groups in total. The van der Waals surface area contributed by atoms with Crippen LogP contribution in [0.3, 0.4) is 0 Å². The highest BCUT2D eigenvalue weighted by molar-refractivity contribution is 4.79. The summed E-state index contributed by atoms with van der Waals surface area (Å²) in [5, 5.41) is 0. The second-order valence-corrected chi connectivity index (χ2v) is 4.42. The van der Waals surface area contributed by atoms with E-state index in [9.17, 15) is 0 Å². The molecule has 0 aromatic heterocycles. The Balaban J connectivity index is 0. The fourth-order valence-electron chi connectivity index (χ4n) is 1.42. The van der Waals surface area contributed by atoms with E-state index in [1.54, 1.807) is 0 Å². The number of hydrogen-bond donors (Lipinski definition) is 0. The van der Waals surface area contributed by atoms with Crippen molar-refractivity contribution in [1.82, 2.24) is 0 Å². The van der Waals surface area contributed by atoms with Gasteiger partial charge in [-0.3, -0.25) is 0 Å². The van der Waals surface area contributed by atoms with E-state index in [4.69, 9.17) is 0 Å². The number of unbranched alkanes of at least 4 members (excludes halogenated alkanes) is 2. The minimum Gasteiger partial charge on any atom is -1.00 e. The van der Waals surface area contributed by atoms with E-state index in [2.05, 4.69) is 40.7 Å². The zero-order valence-electron chi connectivity index (χ0n) is 9.52.